The molecule has 1 aromatic rings. The molecule has 5 nitrogen and oxygen atoms in total. The third-order valence-electron chi connectivity index (χ3n) is 3.46. The molecular formula is C14H24N2O3S. The van der Waals surface area contributed by atoms with Gasteiger partial charge in [-0.05, 0) is 48.9 Å². The molecule has 0 radical (unpaired) electrons. The smallest absolute Gasteiger partial charge is 0.240 e. The molecule has 0 aliphatic heterocycles. The van der Waals surface area contributed by atoms with Crippen molar-refractivity contribution in [2.45, 2.75) is 39.0 Å². The van der Waals surface area contributed by atoms with Gasteiger partial charge in [-0.1, -0.05) is 13.8 Å². The molecule has 6 heteroatoms. The molecule has 0 bridgehead atoms. The highest BCUT2D eigenvalue weighted by molar-refractivity contribution is 7.89. The molecule has 1 rings (SSSR count). The average molecular weight is 300 g/mol. The SMILES string of the molecule is Cc1cc(N)cc(S(=O)(=O)NCC(C)(C)CCO)c1C. The fraction of sp³-hybridized carbons (Fsp3) is 0.571. The lowest BCUT2D eigenvalue weighted by Crippen LogP contribution is -2.35. The number of anilines is 1. The van der Waals surface area contributed by atoms with Crippen LogP contribution in [-0.2, 0) is 10.0 Å². The van der Waals surface area contributed by atoms with Gasteiger partial charge in [-0.25, -0.2) is 13.1 Å². The van der Waals surface area contributed by atoms with E-state index in [4.69, 9.17) is 10.8 Å². The van der Waals surface area contributed by atoms with Crippen LogP contribution in [0, 0.1) is 19.3 Å². The Balaban J connectivity index is 3.01. The Hall–Kier alpha value is -1.11. The zero-order valence-corrected chi connectivity index (χ0v) is 13.3. The number of aliphatic hydroxyl groups is 1. The largest absolute Gasteiger partial charge is 0.399 e. The number of hydrogen-bond acceptors (Lipinski definition) is 4. The van der Waals surface area contributed by atoms with E-state index in [1.54, 1.807) is 13.0 Å². The summed E-state index contributed by atoms with van der Waals surface area (Å²) in [6.07, 6.45) is 0.532. The van der Waals surface area contributed by atoms with Crippen molar-refractivity contribution in [1.82, 2.24) is 4.72 Å². The van der Waals surface area contributed by atoms with E-state index in [1.807, 2.05) is 20.8 Å². The summed E-state index contributed by atoms with van der Waals surface area (Å²) in [4.78, 5) is 0.217. The molecule has 20 heavy (non-hydrogen) atoms. The molecule has 4 N–H and O–H groups in total. The first-order valence-electron chi connectivity index (χ1n) is 6.56. The van der Waals surface area contributed by atoms with E-state index in [-0.39, 0.29) is 23.5 Å². The molecule has 0 aliphatic carbocycles. The van der Waals surface area contributed by atoms with Crippen LogP contribution in [0.3, 0.4) is 0 Å². The fourth-order valence-corrected chi connectivity index (χ4v) is 3.48. The molecule has 1 aromatic carbocycles. The first kappa shape index (κ1) is 16.9. The molecule has 114 valence electrons. The topological polar surface area (TPSA) is 92.4 Å². The zero-order chi connectivity index (χ0) is 15.6. The molecule has 0 saturated heterocycles. The molecule has 0 aromatic heterocycles. The number of sulfonamides is 1. The number of nitrogens with two attached hydrogens (primary N) is 1. The van der Waals surface area contributed by atoms with Crippen molar-refractivity contribution in [2.75, 3.05) is 18.9 Å². The van der Waals surface area contributed by atoms with E-state index in [0.29, 0.717) is 17.7 Å². The zero-order valence-electron chi connectivity index (χ0n) is 12.5. The van der Waals surface area contributed by atoms with Crippen LogP contribution in [-0.4, -0.2) is 26.7 Å². The molecule has 0 fully saturated rings. The quantitative estimate of drug-likeness (QED) is 0.695. The summed E-state index contributed by atoms with van der Waals surface area (Å²) < 4.78 is 27.4. The van der Waals surface area contributed by atoms with Crippen LogP contribution in [0.5, 0.6) is 0 Å². The lowest BCUT2D eigenvalue weighted by atomic mass is 9.90. The maximum atomic E-state index is 12.4. The van der Waals surface area contributed by atoms with E-state index in [9.17, 15) is 8.42 Å². The predicted molar refractivity (Wildman–Crippen MR) is 81.0 cm³/mol. The van der Waals surface area contributed by atoms with E-state index >= 15 is 0 Å². The highest BCUT2D eigenvalue weighted by Gasteiger charge is 2.23. The van der Waals surface area contributed by atoms with Gasteiger partial charge in [0.1, 0.15) is 0 Å². The minimum atomic E-state index is -3.60. The third-order valence-corrected chi connectivity index (χ3v) is 4.99. The van der Waals surface area contributed by atoms with Crippen molar-refractivity contribution in [3.63, 3.8) is 0 Å². The van der Waals surface area contributed by atoms with Gasteiger partial charge in [0, 0.05) is 18.8 Å². The minimum absolute atomic E-state index is 0.0329. The molecule has 0 aliphatic rings. The van der Waals surface area contributed by atoms with Gasteiger partial charge >= 0.3 is 0 Å². The van der Waals surface area contributed by atoms with Crippen LogP contribution < -0.4 is 10.5 Å². The highest BCUT2D eigenvalue weighted by atomic mass is 32.2. The Bertz CT molecular complexity index is 580. The maximum Gasteiger partial charge on any atom is 0.240 e. The first-order chi connectivity index (χ1) is 9.09. The predicted octanol–water partition coefficient (Wildman–Crippen LogP) is 1.57. The number of rotatable bonds is 6. The van der Waals surface area contributed by atoms with E-state index in [0.717, 1.165) is 5.56 Å². The van der Waals surface area contributed by atoms with Gasteiger partial charge in [-0.3, -0.25) is 0 Å². The van der Waals surface area contributed by atoms with Gasteiger partial charge in [-0.15, -0.1) is 0 Å². The van der Waals surface area contributed by atoms with Gasteiger partial charge in [0.25, 0.3) is 0 Å². The normalized spacial score (nSPS) is 12.7. The monoisotopic (exact) mass is 300 g/mol. The van der Waals surface area contributed by atoms with Crippen LogP contribution >= 0.6 is 0 Å². The Morgan fingerprint density at radius 2 is 1.90 bits per heavy atom. The average Bonchev–Trinajstić information content (AvgIpc) is 2.31. The number of aliphatic hydroxyl groups excluding tert-OH is 1. The Morgan fingerprint density at radius 3 is 2.45 bits per heavy atom. The first-order valence-corrected chi connectivity index (χ1v) is 8.05. The molecule has 0 spiro atoms. The van der Waals surface area contributed by atoms with Crippen LogP contribution in [0.15, 0.2) is 17.0 Å². The van der Waals surface area contributed by atoms with Gasteiger partial charge in [0.2, 0.25) is 10.0 Å². The van der Waals surface area contributed by atoms with Crippen molar-refractivity contribution in [2.24, 2.45) is 5.41 Å². The van der Waals surface area contributed by atoms with Crippen molar-refractivity contribution >= 4 is 15.7 Å². The number of nitrogen functional groups attached to an aromatic ring is 1. The lowest BCUT2D eigenvalue weighted by Gasteiger charge is -2.24. The summed E-state index contributed by atoms with van der Waals surface area (Å²) in [6.45, 7) is 7.71. The van der Waals surface area contributed by atoms with Crippen LogP contribution in [0.4, 0.5) is 5.69 Å². The summed E-state index contributed by atoms with van der Waals surface area (Å²) in [6, 6.07) is 3.23. The second kappa shape index (κ2) is 6.11. The maximum absolute atomic E-state index is 12.4. The summed E-state index contributed by atoms with van der Waals surface area (Å²) >= 11 is 0. The number of hydrogen-bond donors (Lipinski definition) is 3. The van der Waals surface area contributed by atoms with Crippen molar-refractivity contribution in [3.05, 3.63) is 23.3 Å². The second-order valence-corrected chi connectivity index (χ2v) is 7.66. The summed E-state index contributed by atoms with van der Waals surface area (Å²) in [5.41, 5.74) is 7.41. The number of aryl methyl sites for hydroxylation is 1. The summed E-state index contributed by atoms with van der Waals surface area (Å²) in [7, 11) is -3.60. The van der Waals surface area contributed by atoms with Crippen LogP contribution in [0.1, 0.15) is 31.4 Å². The van der Waals surface area contributed by atoms with Crippen molar-refractivity contribution < 1.29 is 13.5 Å². The van der Waals surface area contributed by atoms with E-state index in [2.05, 4.69) is 4.72 Å². The Kier molecular flexibility index (Phi) is 5.18. The summed E-state index contributed by atoms with van der Waals surface area (Å²) in [5, 5.41) is 8.97. The number of nitrogens with one attached hydrogen (secondary N) is 1. The van der Waals surface area contributed by atoms with Gasteiger partial charge in [-0.2, -0.15) is 0 Å². The highest BCUT2D eigenvalue weighted by Crippen LogP contribution is 2.24. The standard InChI is InChI=1S/C14H24N2O3S/c1-10-7-12(15)8-13(11(10)2)20(18,19)16-9-14(3,4)5-6-17/h7-8,16-17H,5-6,9,15H2,1-4H3. The van der Waals surface area contributed by atoms with Crippen LogP contribution in [0.2, 0.25) is 0 Å². The van der Waals surface area contributed by atoms with Crippen LogP contribution in [0.25, 0.3) is 0 Å². The molecule has 0 unspecified atom stereocenters. The van der Waals surface area contributed by atoms with Gasteiger partial charge < -0.3 is 10.8 Å². The number of benzene rings is 1. The second-order valence-electron chi connectivity index (χ2n) is 5.92. The molecule has 0 heterocycles. The molecule has 0 saturated carbocycles. The fourth-order valence-electron chi connectivity index (χ4n) is 1.89. The minimum Gasteiger partial charge on any atom is -0.399 e. The van der Waals surface area contributed by atoms with E-state index in [1.165, 1.54) is 6.07 Å². The molecule has 0 amide bonds. The van der Waals surface area contributed by atoms with Gasteiger partial charge in [0.15, 0.2) is 0 Å². The van der Waals surface area contributed by atoms with Crippen molar-refractivity contribution in [3.8, 4) is 0 Å². The lowest BCUT2D eigenvalue weighted by molar-refractivity contribution is 0.213. The summed E-state index contributed by atoms with van der Waals surface area (Å²) in [5.74, 6) is 0. The van der Waals surface area contributed by atoms with E-state index < -0.39 is 10.0 Å². The Morgan fingerprint density at radius 1 is 1.30 bits per heavy atom. The third kappa shape index (κ3) is 4.19. The van der Waals surface area contributed by atoms with Gasteiger partial charge in [0.05, 0.1) is 4.90 Å². The van der Waals surface area contributed by atoms with Crippen molar-refractivity contribution in [1.29, 1.82) is 0 Å². The molecular weight excluding hydrogens is 276 g/mol. The Labute approximate surface area is 121 Å². The molecule has 0 atom stereocenters.